The zero-order valence-electron chi connectivity index (χ0n) is 36.7. The second kappa shape index (κ2) is 13.3. The molecule has 0 bridgehead atoms. The zero-order chi connectivity index (χ0) is 43.0. The van der Waals surface area contributed by atoms with Crippen LogP contribution in [0.1, 0.15) is 72.2 Å². The summed E-state index contributed by atoms with van der Waals surface area (Å²) < 4.78 is 0. The SMILES string of the molecule is CC1(C)C2=C(c3ccccc31)C(C)(C)c1cc(-c3ccc(N(c4ccc(-c5ccccc5)cc4)c4ccc5c(c4)C4(c6ccccc6-c6ccccc64)c4ccccc4-5)cc3)ccc12. The minimum atomic E-state index is -0.421. The maximum absolute atomic E-state index is 2.49. The van der Waals surface area contributed by atoms with Gasteiger partial charge in [-0.3, -0.25) is 0 Å². The highest BCUT2D eigenvalue weighted by Gasteiger charge is 2.52. The standard InChI is InChI=1S/C63H47N/c1-61(2)53-22-12-11-21-51(53)59-60(61)52-36-30-43(38-57(52)62(59,3)4)42-28-33-45(34-29-42)64(44-31-26-41(27-32-44)40-16-6-5-7-17-40)46-35-37-50-49-20-10-15-25-56(49)63(58(50)39-46)54-23-13-8-18-47(54)48-19-9-14-24-55(48)63/h5-39H,1-4H3. The lowest BCUT2D eigenvalue weighted by molar-refractivity contribution is 0.694. The smallest absolute Gasteiger partial charge is 0.0726 e. The van der Waals surface area contributed by atoms with E-state index in [9.17, 15) is 0 Å². The Balaban J connectivity index is 0.946. The van der Waals surface area contributed by atoms with Crippen molar-refractivity contribution in [1.29, 1.82) is 0 Å². The minimum Gasteiger partial charge on any atom is -0.310 e. The Kier molecular flexibility index (Phi) is 7.69. The van der Waals surface area contributed by atoms with Crippen molar-refractivity contribution in [3.05, 3.63) is 257 Å². The summed E-state index contributed by atoms with van der Waals surface area (Å²) in [7, 11) is 0. The van der Waals surface area contributed by atoms with Gasteiger partial charge in [0.15, 0.2) is 0 Å². The fourth-order valence-electron chi connectivity index (χ4n) is 12.4. The number of benzene rings is 9. The molecule has 0 atom stereocenters. The number of hydrogen-bond donors (Lipinski definition) is 0. The van der Waals surface area contributed by atoms with Crippen LogP contribution in [-0.2, 0) is 16.2 Å². The van der Waals surface area contributed by atoms with Crippen LogP contribution in [0.15, 0.2) is 212 Å². The van der Waals surface area contributed by atoms with E-state index < -0.39 is 5.41 Å². The molecule has 0 fully saturated rings. The van der Waals surface area contributed by atoms with E-state index >= 15 is 0 Å². The van der Waals surface area contributed by atoms with Gasteiger partial charge >= 0.3 is 0 Å². The van der Waals surface area contributed by atoms with E-state index in [1.807, 2.05) is 0 Å². The fraction of sp³-hybridized carbons (Fsp3) is 0.111. The summed E-state index contributed by atoms with van der Waals surface area (Å²) in [5.41, 5.74) is 27.0. The van der Waals surface area contributed by atoms with Crippen LogP contribution in [0.5, 0.6) is 0 Å². The summed E-state index contributed by atoms with van der Waals surface area (Å²) in [4.78, 5) is 2.45. The minimum absolute atomic E-state index is 0.0368. The molecule has 0 heterocycles. The van der Waals surface area contributed by atoms with Crippen LogP contribution in [0.3, 0.4) is 0 Å². The molecular formula is C63H47N. The van der Waals surface area contributed by atoms with E-state index in [1.54, 1.807) is 0 Å². The van der Waals surface area contributed by atoms with E-state index in [-0.39, 0.29) is 10.8 Å². The Hall–Kier alpha value is -7.48. The van der Waals surface area contributed by atoms with Gasteiger partial charge in [-0.2, -0.15) is 0 Å². The topological polar surface area (TPSA) is 3.24 Å². The average Bonchev–Trinajstić information content (AvgIpc) is 3.98. The lowest BCUT2D eigenvalue weighted by Gasteiger charge is -2.32. The van der Waals surface area contributed by atoms with Gasteiger partial charge in [0.05, 0.1) is 5.41 Å². The summed E-state index contributed by atoms with van der Waals surface area (Å²) in [5.74, 6) is 0. The van der Waals surface area contributed by atoms with Gasteiger partial charge in [-0.15, -0.1) is 0 Å². The summed E-state index contributed by atoms with van der Waals surface area (Å²) in [6.45, 7) is 9.64. The Morgan fingerprint density at radius 1 is 0.266 bits per heavy atom. The number of rotatable bonds is 5. The maximum Gasteiger partial charge on any atom is 0.0726 e. The molecular weight excluding hydrogens is 771 g/mol. The number of hydrogen-bond acceptors (Lipinski definition) is 1. The monoisotopic (exact) mass is 817 g/mol. The van der Waals surface area contributed by atoms with Crippen molar-refractivity contribution >= 4 is 28.2 Å². The first-order valence-electron chi connectivity index (χ1n) is 22.8. The fourth-order valence-corrected chi connectivity index (χ4v) is 12.4. The molecule has 0 radical (unpaired) electrons. The normalized spacial score (nSPS) is 15.8. The highest BCUT2D eigenvalue weighted by molar-refractivity contribution is 6.09. The molecule has 0 N–H and O–H groups in total. The molecule has 0 aliphatic heterocycles. The molecule has 4 aliphatic carbocycles. The second-order valence-electron chi connectivity index (χ2n) is 19.2. The molecule has 0 unspecified atom stereocenters. The lowest BCUT2D eigenvalue weighted by atomic mass is 9.70. The molecule has 1 heteroatoms. The predicted molar refractivity (Wildman–Crippen MR) is 268 cm³/mol. The summed E-state index contributed by atoms with van der Waals surface area (Å²) in [5, 5.41) is 0. The molecule has 4 aliphatic rings. The van der Waals surface area contributed by atoms with Crippen molar-refractivity contribution in [2.45, 2.75) is 43.9 Å². The zero-order valence-corrected chi connectivity index (χ0v) is 36.7. The molecule has 0 amide bonds. The number of allylic oxidation sites excluding steroid dienone is 2. The van der Waals surface area contributed by atoms with Crippen LogP contribution < -0.4 is 4.90 Å². The van der Waals surface area contributed by atoms with Crippen LogP contribution in [0.4, 0.5) is 17.1 Å². The molecule has 1 spiro atoms. The maximum atomic E-state index is 2.49. The molecule has 1 nitrogen and oxygen atoms in total. The Labute approximate surface area is 376 Å². The van der Waals surface area contributed by atoms with Crippen LogP contribution >= 0.6 is 0 Å². The number of fused-ring (bicyclic) bond motifs is 14. The van der Waals surface area contributed by atoms with Crippen molar-refractivity contribution in [3.8, 4) is 44.5 Å². The third-order valence-electron chi connectivity index (χ3n) is 15.3. The molecule has 304 valence electrons. The van der Waals surface area contributed by atoms with Gasteiger partial charge in [-0.1, -0.05) is 198 Å². The largest absolute Gasteiger partial charge is 0.310 e. The molecule has 13 rings (SSSR count). The Bertz CT molecular complexity index is 3350. The van der Waals surface area contributed by atoms with Gasteiger partial charge in [0, 0.05) is 27.9 Å². The first kappa shape index (κ1) is 37.1. The van der Waals surface area contributed by atoms with E-state index in [0.717, 1.165) is 17.1 Å². The molecule has 0 saturated carbocycles. The van der Waals surface area contributed by atoms with E-state index in [2.05, 4.69) is 245 Å². The van der Waals surface area contributed by atoms with Gasteiger partial charge in [0.25, 0.3) is 0 Å². The summed E-state index contributed by atoms with van der Waals surface area (Å²) >= 11 is 0. The van der Waals surface area contributed by atoms with Gasteiger partial charge in [0.2, 0.25) is 0 Å². The molecule has 9 aromatic rings. The summed E-state index contributed by atoms with van der Waals surface area (Å²) in [6.07, 6.45) is 0. The predicted octanol–water partition coefficient (Wildman–Crippen LogP) is 16.3. The third-order valence-corrected chi connectivity index (χ3v) is 15.3. The average molecular weight is 818 g/mol. The second-order valence-corrected chi connectivity index (χ2v) is 19.2. The van der Waals surface area contributed by atoms with Crippen LogP contribution in [0, 0.1) is 0 Å². The van der Waals surface area contributed by atoms with E-state index in [4.69, 9.17) is 0 Å². The lowest BCUT2D eigenvalue weighted by Crippen LogP contribution is -2.26. The van der Waals surface area contributed by atoms with Crippen molar-refractivity contribution in [2.75, 3.05) is 4.90 Å². The number of anilines is 3. The first-order chi connectivity index (χ1) is 31.3. The Morgan fingerprint density at radius 3 is 1.20 bits per heavy atom. The third kappa shape index (κ3) is 4.90. The van der Waals surface area contributed by atoms with Gasteiger partial charge in [-0.25, -0.2) is 0 Å². The van der Waals surface area contributed by atoms with E-state index in [1.165, 1.54) is 100 Å². The van der Waals surface area contributed by atoms with Gasteiger partial charge in [0.1, 0.15) is 0 Å². The van der Waals surface area contributed by atoms with Gasteiger partial charge < -0.3 is 4.90 Å². The summed E-state index contributed by atoms with van der Waals surface area (Å²) in [6, 6.07) is 79.7. The van der Waals surface area contributed by atoms with Crippen LogP contribution in [0.2, 0.25) is 0 Å². The van der Waals surface area contributed by atoms with Crippen molar-refractivity contribution < 1.29 is 0 Å². The van der Waals surface area contributed by atoms with Crippen molar-refractivity contribution in [3.63, 3.8) is 0 Å². The molecule has 64 heavy (non-hydrogen) atoms. The quantitative estimate of drug-likeness (QED) is 0.167. The number of nitrogens with zero attached hydrogens (tertiary/aromatic N) is 1. The molecule has 9 aromatic carbocycles. The first-order valence-corrected chi connectivity index (χ1v) is 22.8. The van der Waals surface area contributed by atoms with Crippen LogP contribution in [0.25, 0.3) is 55.7 Å². The van der Waals surface area contributed by atoms with Crippen LogP contribution in [-0.4, -0.2) is 0 Å². The highest BCUT2D eigenvalue weighted by Crippen LogP contribution is 2.64. The molecule has 0 aromatic heterocycles. The van der Waals surface area contributed by atoms with E-state index in [0.29, 0.717) is 0 Å². The molecule has 0 saturated heterocycles. The van der Waals surface area contributed by atoms with Gasteiger partial charge in [-0.05, 0) is 143 Å². The Morgan fingerprint density at radius 2 is 0.641 bits per heavy atom. The highest BCUT2D eigenvalue weighted by atomic mass is 15.1. The van der Waals surface area contributed by atoms with Crippen molar-refractivity contribution in [2.24, 2.45) is 0 Å². The van der Waals surface area contributed by atoms with Crippen molar-refractivity contribution in [1.82, 2.24) is 0 Å².